The minimum absolute atomic E-state index is 0.0539. The molecule has 146 valence electrons. The normalized spacial score (nSPS) is 10.6. The fourth-order valence-electron chi connectivity index (χ4n) is 2.85. The van der Waals surface area contributed by atoms with Crippen LogP contribution in [0.25, 0.3) is 11.0 Å². The van der Waals surface area contributed by atoms with E-state index in [9.17, 15) is 14.3 Å². The molecule has 0 amide bonds. The Labute approximate surface area is 164 Å². The summed E-state index contributed by atoms with van der Waals surface area (Å²) in [5.41, 5.74) is 2.32. The summed E-state index contributed by atoms with van der Waals surface area (Å²) >= 11 is 0.271. The Morgan fingerprint density at radius 1 is 1.18 bits per heavy atom. The van der Waals surface area contributed by atoms with Crippen LogP contribution in [0.5, 0.6) is 11.5 Å². The number of non-ortho nitro benzene ring substituents is 1. The van der Waals surface area contributed by atoms with Crippen molar-refractivity contribution in [1.82, 2.24) is 9.97 Å². The van der Waals surface area contributed by atoms with E-state index in [1.807, 2.05) is 0 Å². The average molecular weight is 402 g/mol. The summed E-state index contributed by atoms with van der Waals surface area (Å²) in [6.07, 6.45) is 0. The lowest BCUT2D eigenvalue weighted by molar-refractivity contribution is -0.384. The van der Waals surface area contributed by atoms with Crippen LogP contribution in [0.1, 0.15) is 11.4 Å². The van der Waals surface area contributed by atoms with Crippen LogP contribution in [0.4, 0.5) is 11.4 Å². The number of hydrogen-bond donors (Lipinski definition) is 1. The van der Waals surface area contributed by atoms with Gasteiger partial charge in [0.25, 0.3) is 5.69 Å². The topological polar surface area (TPSA) is 111 Å². The lowest BCUT2D eigenvalue weighted by Gasteiger charge is -2.16. The SMILES string of the molecule is COc1cc2nc(C(=S=O)c3ccc([N+](=O)[O-])cc3N(C)C)[nH]c2cc1OC. The quantitative estimate of drug-likeness (QED) is 0.292. The van der Waals surface area contributed by atoms with Crippen LogP contribution < -0.4 is 14.4 Å². The molecular weight excluding hydrogens is 384 g/mol. The Kier molecular flexibility index (Phi) is 5.32. The molecule has 9 nitrogen and oxygen atoms in total. The third-order valence-corrected chi connectivity index (χ3v) is 4.78. The van der Waals surface area contributed by atoms with Gasteiger partial charge in [-0.05, 0) is 6.07 Å². The number of nitro benzene ring substituents is 1. The van der Waals surface area contributed by atoms with E-state index in [0.29, 0.717) is 44.5 Å². The van der Waals surface area contributed by atoms with Crippen molar-refractivity contribution in [1.29, 1.82) is 0 Å². The van der Waals surface area contributed by atoms with E-state index in [-0.39, 0.29) is 16.9 Å². The van der Waals surface area contributed by atoms with Crippen molar-refractivity contribution in [3.8, 4) is 11.5 Å². The smallest absolute Gasteiger partial charge is 0.271 e. The number of methoxy groups -OCH3 is 2. The predicted molar refractivity (Wildman–Crippen MR) is 108 cm³/mol. The van der Waals surface area contributed by atoms with Crippen LogP contribution >= 0.6 is 0 Å². The van der Waals surface area contributed by atoms with E-state index < -0.39 is 4.92 Å². The maximum atomic E-state index is 12.0. The second-order valence-electron chi connectivity index (χ2n) is 6.08. The number of rotatable bonds is 6. The number of nitro groups is 1. The first-order valence-corrected chi connectivity index (χ1v) is 8.88. The minimum atomic E-state index is -0.472. The predicted octanol–water partition coefficient (Wildman–Crippen LogP) is 2.34. The number of imidazole rings is 1. The van der Waals surface area contributed by atoms with Crippen molar-refractivity contribution in [3.05, 3.63) is 51.8 Å². The third kappa shape index (κ3) is 3.41. The molecule has 0 radical (unpaired) electrons. The first kappa shape index (κ1) is 19.4. The van der Waals surface area contributed by atoms with Crippen LogP contribution in [0.3, 0.4) is 0 Å². The van der Waals surface area contributed by atoms with Crippen molar-refractivity contribution in [2.45, 2.75) is 0 Å². The van der Waals surface area contributed by atoms with Gasteiger partial charge in [-0.25, -0.2) is 9.19 Å². The molecule has 0 spiro atoms. The van der Waals surface area contributed by atoms with Gasteiger partial charge in [-0.3, -0.25) is 10.1 Å². The Bertz CT molecular complexity index is 1080. The molecule has 0 aliphatic carbocycles. The molecule has 0 aliphatic rings. The lowest BCUT2D eigenvalue weighted by atomic mass is 10.1. The molecule has 0 saturated heterocycles. The van der Waals surface area contributed by atoms with E-state index >= 15 is 0 Å². The molecule has 0 atom stereocenters. The van der Waals surface area contributed by atoms with Crippen molar-refractivity contribution < 1.29 is 18.6 Å². The molecule has 0 bridgehead atoms. The van der Waals surface area contributed by atoms with Gasteiger partial charge in [0.05, 0.1) is 35.9 Å². The van der Waals surface area contributed by atoms with Crippen molar-refractivity contribution in [2.75, 3.05) is 33.2 Å². The van der Waals surface area contributed by atoms with E-state index in [2.05, 4.69) is 9.97 Å². The molecule has 1 aromatic heterocycles. The summed E-state index contributed by atoms with van der Waals surface area (Å²) < 4.78 is 22.5. The maximum Gasteiger partial charge on any atom is 0.271 e. The zero-order chi connectivity index (χ0) is 20.4. The molecular formula is C18H18N4O5S. The van der Waals surface area contributed by atoms with Crippen LogP contribution in [0, 0.1) is 10.1 Å². The summed E-state index contributed by atoms with van der Waals surface area (Å²) in [5.74, 6) is 1.42. The number of fused-ring (bicyclic) bond motifs is 1. The van der Waals surface area contributed by atoms with Gasteiger partial charge in [0.2, 0.25) is 0 Å². The molecule has 3 aromatic rings. The number of nitrogens with zero attached hydrogens (tertiary/aromatic N) is 3. The molecule has 28 heavy (non-hydrogen) atoms. The number of aromatic amines is 1. The van der Waals surface area contributed by atoms with E-state index in [1.165, 1.54) is 26.4 Å². The van der Waals surface area contributed by atoms with E-state index in [4.69, 9.17) is 9.47 Å². The molecule has 2 aromatic carbocycles. The highest BCUT2D eigenvalue weighted by Gasteiger charge is 2.20. The van der Waals surface area contributed by atoms with Crippen LogP contribution in [0.15, 0.2) is 30.3 Å². The summed E-state index contributed by atoms with van der Waals surface area (Å²) in [7, 11) is 6.57. The first-order chi connectivity index (χ1) is 13.4. The highest BCUT2D eigenvalue weighted by molar-refractivity contribution is 7.67. The van der Waals surface area contributed by atoms with Crippen molar-refractivity contribution >= 4 is 38.5 Å². The molecule has 0 saturated carbocycles. The highest BCUT2D eigenvalue weighted by atomic mass is 32.1. The van der Waals surface area contributed by atoms with Gasteiger partial charge in [-0.15, -0.1) is 0 Å². The highest BCUT2D eigenvalue weighted by Crippen LogP contribution is 2.32. The number of nitrogens with one attached hydrogen (secondary N) is 1. The number of anilines is 1. The third-order valence-electron chi connectivity index (χ3n) is 4.20. The van der Waals surface area contributed by atoms with E-state index in [0.717, 1.165) is 0 Å². The van der Waals surface area contributed by atoms with Crippen LogP contribution in [-0.4, -0.2) is 52.3 Å². The summed E-state index contributed by atoms with van der Waals surface area (Å²) in [6, 6.07) is 7.81. The molecule has 1 N–H and O–H groups in total. The van der Waals surface area contributed by atoms with Gasteiger partial charge in [0, 0.05) is 43.9 Å². The number of aromatic nitrogens is 2. The number of benzene rings is 2. The zero-order valence-electron chi connectivity index (χ0n) is 15.7. The fourth-order valence-corrected chi connectivity index (χ4v) is 3.29. The van der Waals surface area contributed by atoms with Crippen molar-refractivity contribution in [3.63, 3.8) is 0 Å². The van der Waals surface area contributed by atoms with Gasteiger partial charge >= 0.3 is 0 Å². The first-order valence-electron chi connectivity index (χ1n) is 8.14. The maximum absolute atomic E-state index is 12.0. The number of hydrogen-bond acceptors (Lipinski definition) is 7. The molecule has 10 heteroatoms. The Hall–Kier alpha value is -3.40. The summed E-state index contributed by atoms with van der Waals surface area (Å²) in [6.45, 7) is 0. The standard InChI is InChI=1S/C18H18N4O5S/c1-21(2)14-7-10(22(23)24)5-6-11(14)17(28-25)18-19-12-8-15(26-3)16(27-4)9-13(12)20-18/h5-9H,1-4H3,(H,19,20). The second-order valence-corrected chi connectivity index (χ2v) is 6.65. The lowest BCUT2D eigenvalue weighted by Crippen LogP contribution is -2.16. The van der Waals surface area contributed by atoms with E-state index in [1.54, 1.807) is 37.2 Å². The molecule has 0 aliphatic heterocycles. The fraction of sp³-hybridized carbons (Fsp3) is 0.222. The molecule has 0 fully saturated rings. The van der Waals surface area contributed by atoms with Gasteiger partial charge in [-0.1, -0.05) is 0 Å². The monoisotopic (exact) mass is 402 g/mol. The molecule has 1 heterocycles. The van der Waals surface area contributed by atoms with Gasteiger partial charge in [0.15, 0.2) is 17.3 Å². The second kappa shape index (κ2) is 7.69. The number of ether oxygens (including phenoxy) is 2. The largest absolute Gasteiger partial charge is 0.493 e. The van der Waals surface area contributed by atoms with Gasteiger partial charge < -0.3 is 19.4 Å². The Morgan fingerprint density at radius 2 is 1.86 bits per heavy atom. The summed E-state index contributed by atoms with van der Waals surface area (Å²) in [4.78, 5) is 20.3. The number of H-pyrrole nitrogens is 1. The minimum Gasteiger partial charge on any atom is -0.493 e. The van der Waals surface area contributed by atoms with Crippen molar-refractivity contribution in [2.24, 2.45) is 0 Å². The zero-order valence-corrected chi connectivity index (χ0v) is 16.5. The molecule has 3 rings (SSSR count). The summed E-state index contributed by atoms with van der Waals surface area (Å²) in [5, 5.41) is 11.1. The molecule has 0 unspecified atom stereocenters. The van der Waals surface area contributed by atoms with Gasteiger partial charge in [-0.2, -0.15) is 0 Å². The van der Waals surface area contributed by atoms with Gasteiger partial charge in [0.1, 0.15) is 16.1 Å². The van der Waals surface area contributed by atoms with Crippen LogP contribution in [-0.2, 0) is 11.3 Å². The Balaban J connectivity index is 2.17. The average Bonchev–Trinajstić information content (AvgIpc) is 3.09. The Morgan fingerprint density at radius 3 is 2.43 bits per heavy atom. The van der Waals surface area contributed by atoms with Crippen LogP contribution in [0.2, 0.25) is 0 Å².